The molecule has 7 heavy (non-hydrogen) atoms. The van der Waals surface area contributed by atoms with Crippen LogP contribution in [0.3, 0.4) is 0 Å². The van der Waals surface area contributed by atoms with Crippen LogP contribution in [0.2, 0.25) is 0 Å². The summed E-state index contributed by atoms with van der Waals surface area (Å²) in [4.78, 5) is 16.2. The fourth-order valence-electron chi connectivity index (χ4n) is 0. The Bertz CT molecular complexity index is 35.9. The van der Waals surface area contributed by atoms with Crippen molar-refractivity contribution in [2.45, 2.75) is 6.92 Å². The van der Waals surface area contributed by atoms with Gasteiger partial charge in [0.2, 0.25) is 0 Å². The number of rotatable bonds is 0. The molecule has 0 aliphatic rings. The first-order valence-electron chi connectivity index (χ1n) is 1.32. The van der Waals surface area contributed by atoms with Gasteiger partial charge in [0.15, 0.2) is 0 Å². The summed E-state index contributed by atoms with van der Waals surface area (Å²) in [6, 6.07) is 0. The van der Waals surface area contributed by atoms with Gasteiger partial charge in [-0.25, -0.2) is 0 Å². The van der Waals surface area contributed by atoms with E-state index in [0.717, 1.165) is 0 Å². The van der Waals surface area contributed by atoms with E-state index >= 15 is 0 Å². The Morgan fingerprint density at radius 2 is 1.71 bits per heavy atom. The number of ketones is 1. The van der Waals surface area contributed by atoms with Crippen molar-refractivity contribution in [2.24, 2.45) is 0 Å². The molecule has 41 valence electrons. The number of hydrogen-bond donors (Lipinski definition) is 1. The summed E-state index contributed by atoms with van der Waals surface area (Å²) in [5.41, 5.74) is 0. The van der Waals surface area contributed by atoms with E-state index in [-0.39, 0.29) is 38.5 Å². The molecule has 2 nitrogen and oxygen atoms in total. The number of carbonyl (C=O) groups excluding carboxylic acids is 1. The second-order valence-corrected chi connectivity index (χ2v) is 0.702. The van der Waals surface area contributed by atoms with Crippen molar-refractivity contribution >= 4 is 15.2 Å². The molecule has 0 aromatic carbocycles. The van der Waals surface area contributed by atoms with Crippen LogP contribution in [0.1, 0.15) is 6.92 Å². The summed E-state index contributed by atoms with van der Waals surface area (Å²) >= 11 is 0. The maximum atomic E-state index is 9.33. The van der Waals surface area contributed by atoms with Crippen LogP contribution in [0.5, 0.6) is 0 Å². The fraction of sp³-hybridized carbons (Fsp3) is 0.333. The van der Waals surface area contributed by atoms with Crippen molar-refractivity contribution in [2.75, 3.05) is 0 Å². The molecule has 0 aliphatic heterocycles. The Labute approximate surface area is 71.2 Å². The molecule has 1 radical (unpaired) electrons. The molecule has 0 spiro atoms. The van der Waals surface area contributed by atoms with E-state index in [1.807, 2.05) is 0 Å². The average molecular weight is 196 g/mol. The van der Waals surface area contributed by atoms with Crippen LogP contribution < -0.4 is 0 Å². The van der Waals surface area contributed by atoms with Gasteiger partial charge in [-0.15, -0.1) is 0 Å². The molecule has 0 heterocycles. The molecule has 0 saturated carbocycles. The summed E-state index contributed by atoms with van der Waals surface area (Å²) in [6.07, 6.45) is 0. The Hall–Kier alpha value is 1.03. The normalized spacial score (nSPS) is 4.43. The van der Waals surface area contributed by atoms with Crippen molar-refractivity contribution in [3.05, 3.63) is 6.92 Å². The van der Waals surface area contributed by atoms with Gasteiger partial charge in [0.1, 0.15) is 0 Å². The van der Waals surface area contributed by atoms with Gasteiger partial charge in [-0.3, -0.25) is 0 Å². The zero-order valence-electron chi connectivity index (χ0n) is 4.22. The van der Waals surface area contributed by atoms with Gasteiger partial charge < -0.3 is 16.6 Å². The standard InChI is InChI=1S/C3H5O.H3OP.Y/c1-3(2)4;1-2;/h1H2,2H3;1H,2H2;/q-1;;. The largest absolute Gasteiger partial charge is 0.380 e. The van der Waals surface area contributed by atoms with Crippen LogP contribution in [0.25, 0.3) is 0 Å². The summed E-state index contributed by atoms with van der Waals surface area (Å²) in [7, 11) is 1.42. The Morgan fingerprint density at radius 3 is 1.71 bits per heavy atom. The van der Waals surface area contributed by atoms with Crippen molar-refractivity contribution in [3.8, 4) is 0 Å². The van der Waals surface area contributed by atoms with Crippen LogP contribution >= 0.6 is 9.47 Å². The van der Waals surface area contributed by atoms with E-state index in [9.17, 15) is 4.79 Å². The minimum absolute atomic E-state index is 0. The first kappa shape index (κ1) is 15.7. The third-order valence-electron chi connectivity index (χ3n) is 0. The molecule has 4 heteroatoms. The van der Waals surface area contributed by atoms with Gasteiger partial charge in [0.05, 0.1) is 0 Å². The van der Waals surface area contributed by atoms with Crippen LogP contribution in [0.4, 0.5) is 0 Å². The maximum Gasteiger partial charge on any atom is 0 e. The molecule has 0 saturated heterocycles. The predicted octanol–water partition coefficient (Wildman–Crippen LogP) is 0.176. The Kier molecular flexibility index (Phi) is 35.3. The minimum atomic E-state index is -0.0833. The zero-order chi connectivity index (χ0) is 5.58. The van der Waals surface area contributed by atoms with E-state index in [4.69, 9.17) is 4.89 Å². The molecular formula is C3H8O2PY-. The summed E-state index contributed by atoms with van der Waals surface area (Å²) in [6.45, 7) is 4.42. The van der Waals surface area contributed by atoms with Gasteiger partial charge in [-0.1, -0.05) is 0 Å². The van der Waals surface area contributed by atoms with E-state index < -0.39 is 0 Å². The molecule has 0 fully saturated rings. The molecule has 0 aromatic heterocycles. The minimum Gasteiger partial charge on any atom is -0.380 e. The summed E-state index contributed by atoms with van der Waals surface area (Å²) in [5, 5.41) is 0. The third kappa shape index (κ3) is 167. The Morgan fingerprint density at radius 1 is 1.71 bits per heavy atom. The van der Waals surface area contributed by atoms with Crippen LogP contribution in [0, 0.1) is 6.92 Å². The molecule has 1 unspecified atom stereocenters. The quantitative estimate of drug-likeness (QED) is 0.443. The summed E-state index contributed by atoms with van der Waals surface area (Å²) in [5.74, 6) is -0.0833. The number of Topliss-reactive ketones (excluding diaryl/α,β-unsaturated/α-hetero) is 1. The van der Waals surface area contributed by atoms with Crippen molar-refractivity contribution in [3.63, 3.8) is 0 Å². The predicted molar refractivity (Wildman–Crippen MR) is 28.0 cm³/mol. The van der Waals surface area contributed by atoms with E-state index in [1.54, 1.807) is 0 Å². The van der Waals surface area contributed by atoms with Crippen molar-refractivity contribution in [1.82, 2.24) is 0 Å². The topological polar surface area (TPSA) is 37.3 Å². The molecule has 0 aliphatic carbocycles. The smallest absolute Gasteiger partial charge is 0 e. The monoisotopic (exact) mass is 196 g/mol. The molecule has 1 N–H and O–H groups in total. The molecule has 0 amide bonds. The SMILES string of the molecule is OP.[CH2-]C(C)=O.[Y]. The number of hydrogen-bond acceptors (Lipinski definition) is 2. The van der Waals surface area contributed by atoms with Crippen LogP contribution in [0.15, 0.2) is 0 Å². The van der Waals surface area contributed by atoms with E-state index in [1.165, 1.54) is 16.4 Å². The first-order chi connectivity index (χ1) is 2.73. The van der Waals surface area contributed by atoms with Crippen molar-refractivity contribution < 1.29 is 42.4 Å². The van der Waals surface area contributed by atoms with Crippen molar-refractivity contribution in [1.29, 1.82) is 0 Å². The van der Waals surface area contributed by atoms with Gasteiger partial charge in [-0.05, 0) is 22.2 Å². The average Bonchev–Trinajstić information content (AvgIpc) is 1.41. The van der Waals surface area contributed by atoms with Crippen LogP contribution in [-0.4, -0.2) is 10.7 Å². The molecule has 1 atom stereocenters. The molecule has 0 aromatic rings. The second kappa shape index (κ2) is 15.7. The van der Waals surface area contributed by atoms with Crippen LogP contribution in [-0.2, 0) is 37.5 Å². The molecular weight excluding hydrogens is 188 g/mol. The Balaban J connectivity index is -0.0000000480. The third-order valence-corrected chi connectivity index (χ3v) is 0. The zero-order valence-corrected chi connectivity index (χ0v) is 8.21. The maximum absolute atomic E-state index is 9.33. The molecule has 0 rings (SSSR count). The molecule has 0 bridgehead atoms. The number of carbonyl (C=O) groups is 1. The van der Waals surface area contributed by atoms with E-state index in [0.29, 0.717) is 0 Å². The van der Waals surface area contributed by atoms with Gasteiger partial charge in [0, 0.05) is 32.7 Å². The second-order valence-electron chi connectivity index (χ2n) is 0.702. The first-order valence-corrected chi connectivity index (χ1v) is 1.83. The van der Waals surface area contributed by atoms with E-state index in [2.05, 4.69) is 6.92 Å². The fourth-order valence-corrected chi connectivity index (χ4v) is 0. The summed E-state index contributed by atoms with van der Waals surface area (Å²) < 4.78 is 0. The van der Waals surface area contributed by atoms with Gasteiger partial charge in [0.25, 0.3) is 0 Å². The van der Waals surface area contributed by atoms with Gasteiger partial charge in [-0.2, -0.15) is 0 Å². The van der Waals surface area contributed by atoms with Gasteiger partial charge >= 0.3 is 0 Å².